The SMILES string of the molecule is CN(C)c1ccc(CNC(=O)c2ccccc2SCC(=O)N(C)C2CCCCC2)cc1. The molecular formula is C25H33N3O2S. The van der Waals surface area contributed by atoms with E-state index in [2.05, 4.69) is 5.32 Å². The van der Waals surface area contributed by atoms with Crippen LogP contribution in [0.3, 0.4) is 0 Å². The largest absolute Gasteiger partial charge is 0.378 e. The van der Waals surface area contributed by atoms with Gasteiger partial charge in [0, 0.05) is 44.3 Å². The van der Waals surface area contributed by atoms with Crippen LogP contribution in [-0.4, -0.2) is 49.7 Å². The van der Waals surface area contributed by atoms with Crippen molar-refractivity contribution in [3.8, 4) is 0 Å². The number of carbonyl (C=O) groups is 2. The minimum absolute atomic E-state index is 0.118. The van der Waals surface area contributed by atoms with Crippen molar-refractivity contribution in [2.24, 2.45) is 0 Å². The van der Waals surface area contributed by atoms with Crippen LogP contribution in [0.4, 0.5) is 5.69 Å². The number of nitrogens with one attached hydrogen (secondary N) is 1. The van der Waals surface area contributed by atoms with Crippen molar-refractivity contribution in [1.29, 1.82) is 0 Å². The quantitative estimate of drug-likeness (QED) is 0.613. The second kappa shape index (κ2) is 11.2. The van der Waals surface area contributed by atoms with E-state index in [0.29, 0.717) is 23.9 Å². The highest BCUT2D eigenvalue weighted by atomic mass is 32.2. The number of rotatable bonds is 8. The molecule has 1 aliphatic carbocycles. The van der Waals surface area contributed by atoms with Crippen molar-refractivity contribution in [3.05, 3.63) is 59.7 Å². The monoisotopic (exact) mass is 439 g/mol. The molecular weight excluding hydrogens is 406 g/mol. The van der Waals surface area contributed by atoms with Crippen molar-refractivity contribution in [1.82, 2.24) is 10.2 Å². The summed E-state index contributed by atoms with van der Waals surface area (Å²) >= 11 is 1.45. The first-order valence-corrected chi connectivity index (χ1v) is 12.0. The van der Waals surface area contributed by atoms with Gasteiger partial charge in [-0.25, -0.2) is 0 Å². The van der Waals surface area contributed by atoms with E-state index < -0.39 is 0 Å². The Kier molecular flexibility index (Phi) is 8.41. The number of hydrogen-bond donors (Lipinski definition) is 1. The topological polar surface area (TPSA) is 52.7 Å². The van der Waals surface area contributed by atoms with Gasteiger partial charge in [-0.15, -0.1) is 11.8 Å². The van der Waals surface area contributed by atoms with Crippen molar-refractivity contribution in [2.45, 2.75) is 49.6 Å². The highest BCUT2D eigenvalue weighted by molar-refractivity contribution is 8.00. The Morgan fingerprint density at radius 2 is 1.65 bits per heavy atom. The Labute approximate surface area is 190 Å². The van der Waals surface area contributed by atoms with Crippen molar-refractivity contribution in [3.63, 3.8) is 0 Å². The molecule has 0 heterocycles. The van der Waals surface area contributed by atoms with Gasteiger partial charge >= 0.3 is 0 Å². The van der Waals surface area contributed by atoms with E-state index in [1.54, 1.807) is 0 Å². The third kappa shape index (κ3) is 6.50. The van der Waals surface area contributed by atoms with Gasteiger partial charge in [-0.05, 0) is 42.7 Å². The van der Waals surface area contributed by atoms with Gasteiger partial charge in [-0.3, -0.25) is 9.59 Å². The first-order chi connectivity index (χ1) is 15.0. The van der Waals surface area contributed by atoms with Crippen LogP contribution < -0.4 is 10.2 Å². The number of amides is 2. The summed E-state index contributed by atoms with van der Waals surface area (Å²) in [5.74, 6) is 0.365. The van der Waals surface area contributed by atoms with Gasteiger partial charge in [0.2, 0.25) is 5.91 Å². The molecule has 0 spiro atoms. The zero-order valence-corrected chi connectivity index (χ0v) is 19.6. The molecule has 2 amide bonds. The van der Waals surface area contributed by atoms with E-state index >= 15 is 0 Å². The molecule has 0 radical (unpaired) electrons. The van der Waals surface area contributed by atoms with Gasteiger partial charge < -0.3 is 15.1 Å². The van der Waals surface area contributed by atoms with Gasteiger partial charge in [0.1, 0.15) is 0 Å². The average Bonchev–Trinajstić information content (AvgIpc) is 2.81. The van der Waals surface area contributed by atoms with E-state index in [1.165, 1.54) is 31.0 Å². The summed E-state index contributed by atoms with van der Waals surface area (Å²) in [5.41, 5.74) is 2.79. The number of nitrogens with zero attached hydrogens (tertiary/aromatic N) is 2. The fourth-order valence-corrected chi connectivity index (χ4v) is 4.86. The molecule has 3 rings (SSSR count). The standard InChI is InChI=1S/C25H33N3O2S/c1-27(2)20-15-13-19(14-16-20)17-26-25(30)22-11-7-8-12-23(22)31-18-24(29)28(3)21-9-5-4-6-10-21/h7-8,11-16,21H,4-6,9-10,17-18H2,1-3H3,(H,26,30). The molecule has 0 unspecified atom stereocenters. The fourth-order valence-electron chi connectivity index (χ4n) is 3.88. The molecule has 166 valence electrons. The van der Waals surface area contributed by atoms with E-state index in [9.17, 15) is 9.59 Å². The molecule has 1 N–H and O–H groups in total. The summed E-state index contributed by atoms with van der Waals surface area (Å²) in [6.45, 7) is 0.467. The van der Waals surface area contributed by atoms with Crippen LogP contribution in [0.2, 0.25) is 0 Å². The molecule has 6 heteroatoms. The second-order valence-corrected chi connectivity index (χ2v) is 9.34. The third-order valence-electron chi connectivity index (χ3n) is 5.90. The Morgan fingerprint density at radius 3 is 2.32 bits per heavy atom. The van der Waals surface area contributed by atoms with E-state index in [-0.39, 0.29) is 11.8 Å². The second-order valence-electron chi connectivity index (χ2n) is 8.32. The maximum absolute atomic E-state index is 12.8. The average molecular weight is 440 g/mol. The van der Waals surface area contributed by atoms with Gasteiger partial charge in [0.15, 0.2) is 0 Å². The fraction of sp³-hybridized carbons (Fsp3) is 0.440. The van der Waals surface area contributed by atoms with Gasteiger partial charge in [-0.1, -0.05) is 43.5 Å². The van der Waals surface area contributed by atoms with Crippen LogP contribution in [0.5, 0.6) is 0 Å². The summed E-state index contributed by atoms with van der Waals surface area (Å²) in [5, 5.41) is 3.01. The van der Waals surface area contributed by atoms with Crippen LogP contribution in [0.15, 0.2) is 53.4 Å². The highest BCUT2D eigenvalue weighted by Gasteiger charge is 2.22. The lowest BCUT2D eigenvalue weighted by Crippen LogP contribution is -2.39. The first-order valence-electron chi connectivity index (χ1n) is 11.0. The Bertz CT molecular complexity index is 877. The Hall–Kier alpha value is -2.47. The maximum atomic E-state index is 12.8. The normalized spacial score (nSPS) is 14.2. The Balaban J connectivity index is 1.56. The van der Waals surface area contributed by atoms with Crippen LogP contribution in [-0.2, 0) is 11.3 Å². The minimum atomic E-state index is -0.118. The van der Waals surface area contributed by atoms with Crippen LogP contribution in [0, 0.1) is 0 Å². The van der Waals surface area contributed by atoms with Crippen LogP contribution in [0.25, 0.3) is 0 Å². The van der Waals surface area contributed by atoms with Gasteiger partial charge in [0.05, 0.1) is 11.3 Å². The molecule has 1 fully saturated rings. The first kappa shape index (κ1) is 23.2. The number of thioether (sulfide) groups is 1. The summed E-state index contributed by atoms with van der Waals surface area (Å²) in [7, 11) is 5.92. The van der Waals surface area contributed by atoms with Gasteiger partial charge in [0.25, 0.3) is 5.91 Å². The summed E-state index contributed by atoms with van der Waals surface area (Å²) in [6.07, 6.45) is 5.88. The number of anilines is 1. The molecule has 0 bridgehead atoms. The molecule has 31 heavy (non-hydrogen) atoms. The van der Waals surface area contributed by atoms with Crippen molar-refractivity contribution in [2.75, 3.05) is 31.8 Å². The van der Waals surface area contributed by atoms with Crippen LogP contribution in [0.1, 0.15) is 48.0 Å². The molecule has 0 atom stereocenters. The third-order valence-corrected chi connectivity index (χ3v) is 6.96. The lowest BCUT2D eigenvalue weighted by Gasteiger charge is -2.31. The summed E-state index contributed by atoms with van der Waals surface area (Å²) < 4.78 is 0. The predicted molar refractivity (Wildman–Crippen MR) is 129 cm³/mol. The van der Waals surface area contributed by atoms with E-state index in [4.69, 9.17) is 0 Å². The highest BCUT2D eigenvalue weighted by Crippen LogP contribution is 2.26. The van der Waals surface area contributed by atoms with Crippen molar-refractivity contribution >= 4 is 29.3 Å². The number of hydrogen-bond acceptors (Lipinski definition) is 4. The van der Waals surface area contributed by atoms with E-state index in [1.807, 2.05) is 79.5 Å². The summed E-state index contributed by atoms with van der Waals surface area (Å²) in [4.78, 5) is 30.3. The molecule has 0 aromatic heterocycles. The predicted octanol–water partition coefficient (Wildman–Crippen LogP) is 4.57. The molecule has 0 aliphatic heterocycles. The zero-order chi connectivity index (χ0) is 22.2. The minimum Gasteiger partial charge on any atom is -0.378 e. The molecule has 2 aromatic rings. The van der Waals surface area contributed by atoms with E-state index in [0.717, 1.165) is 29.0 Å². The smallest absolute Gasteiger partial charge is 0.252 e. The molecule has 0 saturated heterocycles. The van der Waals surface area contributed by atoms with Crippen LogP contribution >= 0.6 is 11.8 Å². The molecule has 1 saturated carbocycles. The number of benzene rings is 2. The van der Waals surface area contributed by atoms with Gasteiger partial charge in [-0.2, -0.15) is 0 Å². The molecule has 5 nitrogen and oxygen atoms in total. The molecule has 1 aliphatic rings. The summed E-state index contributed by atoms with van der Waals surface area (Å²) in [6, 6.07) is 16.0. The molecule has 2 aromatic carbocycles. The Morgan fingerprint density at radius 1 is 0.968 bits per heavy atom. The maximum Gasteiger partial charge on any atom is 0.252 e. The lowest BCUT2D eigenvalue weighted by molar-refractivity contribution is -0.129. The number of carbonyl (C=O) groups excluding carboxylic acids is 2. The lowest BCUT2D eigenvalue weighted by atomic mass is 9.94. The van der Waals surface area contributed by atoms with Crippen molar-refractivity contribution < 1.29 is 9.59 Å². The zero-order valence-electron chi connectivity index (χ0n) is 18.8.